The van der Waals surface area contributed by atoms with Crippen LogP contribution in [-0.4, -0.2) is 45.1 Å². The van der Waals surface area contributed by atoms with Crippen LogP contribution in [0.15, 0.2) is 64.2 Å². The van der Waals surface area contributed by atoms with Crippen LogP contribution in [0.4, 0.5) is 5.13 Å². The third-order valence-electron chi connectivity index (χ3n) is 6.12. The van der Waals surface area contributed by atoms with Gasteiger partial charge in [0.15, 0.2) is 10.1 Å². The van der Waals surface area contributed by atoms with Crippen molar-refractivity contribution in [3.63, 3.8) is 0 Å². The van der Waals surface area contributed by atoms with E-state index in [9.17, 15) is 19.5 Å². The van der Waals surface area contributed by atoms with Gasteiger partial charge in [0.25, 0.3) is 5.91 Å². The Hall–Kier alpha value is -3.58. The second kappa shape index (κ2) is 11.5. The summed E-state index contributed by atoms with van der Waals surface area (Å²) in [5.41, 5.74) is 2.13. The number of anilines is 1. The number of thiazole rings is 1. The minimum Gasteiger partial charge on any atom is -0.503 e. The number of aromatic nitrogens is 3. The number of esters is 1. The third kappa shape index (κ3) is 5.27. The fraction of sp³-hybridized carbons (Fsp3) is 0.185. The molecule has 0 spiro atoms. The van der Waals surface area contributed by atoms with Gasteiger partial charge in [-0.3, -0.25) is 14.5 Å². The van der Waals surface area contributed by atoms with E-state index in [0.29, 0.717) is 41.8 Å². The van der Waals surface area contributed by atoms with Crippen LogP contribution in [0.2, 0.25) is 5.02 Å². The molecule has 1 aliphatic rings. The SMILES string of the molecule is COC(=O)c1ccc(C2C(C(=O)c3sc(C)nc3C)=C(O)C(=O)N2c2nnc(SCc3ccccc3Cl)s2)cc1. The van der Waals surface area contributed by atoms with Crippen LogP contribution in [0.25, 0.3) is 0 Å². The summed E-state index contributed by atoms with van der Waals surface area (Å²) in [5.74, 6) is -1.93. The van der Waals surface area contributed by atoms with Gasteiger partial charge >= 0.3 is 5.97 Å². The average molecular weight is 613 g/mol. The Morgan fingerprint density at radius 2 is 1.82 bits per heavy atom. The van der Waals surface area contributed by atoms with E-state index in [1.54, 1.807) is 32.0 Å². The Morgan fingerprint density at radius 3 is 2.48 bits per heavy atom. The lowest BCUT2D eigenvalue weighted by molar-refractivity contribution is -0.117. The molecule has 4 aromatic rings. The topological polar surface area (TPSA) is 123 Å². The summed E-state index contributed by atoms with van der Waals surface area (Å²) in [6.07, 6.45) is 0. The highest BCUT2D eigenvalue weighted by Gasteiger charge is 2.46. The molecule has 1 amide bonds. The molecule has 1 atom stereocenters. The molecule has 0 bridgehead atoms. The number of aliphatic hydroxyl groups excluding tert-OH is 1. The van der Waals surface area contributed by atoms with Crippen LogP contribution in [0.5, 0.6) is 0 Å². The summed E-state index contributed by atoms with van der Waals surface area (Å²) in [6.45, 7) is 3.48. The molecule has 1 aliphatic heterocycles. The lowest BCUT2D eigenvalue weighted by Gasteiger charge is -2.24. The Kier molecular flexibility index (Phi) is 8.04. The number of amides is 1. The number of thioether (sulfide) groups is 1. The summed E-state index contributed by atoms with van der Waals surface area (Å²) in [4.78, 5) is 45.2. The van der Waals surface area contributed by atoms with E-state index in [0.717, 1.165) is 16.9 Å². The number of aryl methyl sites for hydroxylation is 2. The van der Waals surface area contributed by atoms with Gasteiger partial charge in [-0.1, -0.05) is 65.0 Å². The number of halogens is 1. The molecule has 1 unspecified atom stereocenters. The predicted molar refractivity (Wildman–Crippen MR) is 155 cm³/mol. The van der Waals surface area contributed by atoms with Gasteiger partial charge in [-0.15, -0.1) is 21.5 Å². The molecule has 1 N–H and O–H groups in total. The largest absolute Gasteiger partial charge is 0.503 e. The molecule has 9 nitrogen and oxygen atoms in total. The number of methoxy groups -OCH3 is 1. The maximum absolute atomic E-state index is 13.8. The highest BCUT2D eigenvalue weighted by Crippen LogP contribution is 2.44. The summed E-state index contributed by atoms with van der Waals surface area (Å²) in [5, 5.41) is 21.0. The number of rotatable bonds is 8. The maximum Gasteiger partial charge on any atom is 0.337 e. The van der Waals surface area contributed by atoms with Gasteiger partial charge in [-0.25, -0.2) is 9.78 Å². The van der Waals surface area contributed by atoms with Crippen molar-refractivity contribution in [2.24, 2.45) is 0 Å². The van der Waals surface area contributed by atoms with Crippen LogP contribution in [0.1, 0.15) is 47.9 Å². The summed E-state index contributed by atoms with van der Waals surface area (Å²) in [6, 6.07) is 12.8. The quantitative estimate of drug-likeness (QED) is 0.108. The van der Waals surface area contributed by atoms with Crippen LogP contribution in [0.3, 0.4) is 0 Å². The number of ketones is 1. The first-order valence-electron chi connectivity index (χ1n) is 11.8. The summed E-state index contributed by atoms with van der Waals surface area (Å²) < 4.78 is 5.36. The van der Waals surface area contributed by atoms with Crippen LogP contribution < -0.4 is 4.90 Å². The molecule has 40 heavy (non-hydrogen) atoms. The minimum atomic E-state index is -1.01. The molecule has 2 aromatic heterocycles. The molecule has 3 heterocycles. The number of hydrogen-bond donors (Lipinski definition) is 1. The van der Waals surface area contributed by atoms with E-state index in [4.69, 9.17) is 16.3 Å². The first-order chi connectivity index (χ1) is 19.2. The zero-order valence-corrected chi connectivity index (χ0v) is 24.6. The summed E-state index contributed by atoms with van der Waals surface area (Å²) >= 11 is 10.0. The molecule has 2 aromatic carbocycles. The van der Waals surface area contributed by atoms with Crippen LogP contribution in [-0.2, 0) is 15.3 Å². The normalized spacial score (nSPS) is 15.2. The maximum atomic E-state index is 13.8. The van der Waals surface area contributed by atoms with Crippen molar-refractivity contribution in [1.29, 1.82) is 0 Å². The highest BCUT2D eigenvalue weighted by atomic mass is 35.5. The minimum absolute atomic E-state index is 0.0944. The van der Waals surface area contributed by atoms with Crippen molar-refractivity contribution in [2.75, 3.05) is 12.0 Å². The number of carbonyl (C=O) groups is 3. The predicted octanol–water partition coefficient (Wildman–Crippen LogP) is 6.13. The van der Waals surface area contributed by atoms with Gasteiger partial charge < -0.3 is 9.84 Å². The average Bonchev–Trinajstić information content (AvgIpc) is 3.63. The Bertz CT molecular complexity index is 1660. The highest BCUT2D eigenvalue weighted by molar-refractivity contribution is 8.00. The van der Waals surface area contributed by atoms with E-state index in [-0.39, 0.29) is 10.7 Å². The van der Waals surface area contributed by atoms with Gasteiger partial charge in [0.1, 0.15) is 0 Å². The monoisotopic (exact) mass is 612 g/mol. The molecular weight excluding hydrogens is 592 g/mol. The number of nitrogens with zero attached hydrogens (tertiary/aromatic N) is 4. The second-order valence-corrected chi connectivity index (χ2v) is 12.4. The lowest BCUT2D eigenvalue weighted by Crippen LogP contribution is -2.31. The van der Waals surface area contributed by atoms with Gasteiger partial charge in [0, 0.05) is 10.8 Å². The van der Waals surface area contributed by atoms with Crippen molar-refractivity contribution in [3.05, 3.63) is 97.2 Å². The van der Waals surface area contributed by atoms with E-state index >= 15 is 0 Å². The van der Waals surface area contributed by atoms with Crippen molar-refractivity contribution >= 4 is 68.8 Å². The molecule has 204 valence electrons. The molecule has 5 rings (SSSR count). The lowest BCUT2D eigenvalue weighted by atomic mass is 9.94. The third-order valence-corrected chi connectivity index (χ3v) is 9.67. The first-order valence-corrected chi connectivity index (χ1v) is 14.8. The summed E-state index contributed by atoms with van der Waals surface area (Å²) in [7, 11) is 1.28. The van der Waals surface area contributed by atoms with Gasteiger partial charge in [-0.05, 0) is 43.2 Å². The zero-order chi connectivity index (χ0) is 28.6. The number of carbonyl (C=O) groups excluding carboxylic acids is 3. The molecule has 0 saturated heterocycles. The molecule has 0 fully saturated rings. The molecule has 0 aliphatic carbocycles. The van der Waals surface area contributed by atoms with Crippen molar-refractivity contribution in [1.82, 2.24) is 15.2 Å². The zero-order valence-electron chi connectivity index (χ0n) is 21.4. The molecule has 0 saturated carbocycles. The smallest absolute Gasteiger partial charge is 0.337 e. The number of aliphatic hydroxyl groups is 1. The second-order valence-electron chi connectivity index (χ2n) is 8.66. The van der Waals surface area contributed by atoms with E-state index in [2.05, 4.69) is 15.2 Å². The number of hydrogen-bond acceptors (Lipinski definition) is 11. The van der Waals surface area contributed by atoms with Gasteiger partial charge in [0.05, 0.1) is 39.9 Å². The Labute approximate surface area is 246 Å². The van der Waals surface area contributed by atoms with Gasteiger partial charge in [-0.2, -0.15) is 0 Å². The van der Waals surface area contributed by atoms with E-state index < -0.39 is 29.5 Å². The van der Waals surface area contributed by atoms with Crippen molar-refractivity contribution in [2.45, 2.75) is 30.0 Å². The van der Waals surface area contributed by atoms with Crippen molar-refractivity contribution < 1.29 is 24.2 Å². The standard InChI is InChI=1S/C27H21ClN4O5S3/c1-13-23(39-14(2)29-13)21(33)19-20(15-8-10-16(11-9-15)25(36)37-3)32(24(35)22(19)34)26-30-31-27(40-26)38-12-17-6-4-5-7-18(17)28/h4-11,20,34H,12H2,1-3H3. The van der Waals surface area contributed by atoms with E-state index in [1.807, 2.05) is 18.2 Å². The molecule has 13 heteroatoms. The fourth-order valence-corrected chi connectivity index (χ4v) is 7.27. The Balaban J connectivity index is 1.53. The van der Waals surface area contributed by atoms with E-state index in [1.165, 1.54) is 47.2 Å². The van der Waals surface area contributed by atoms with Crippen LogP contribution in [0, 0.1) is 13.8 Å². The van der Waals surface area contributed by atoms with Gasteiger partial charge in [0.2, 0.25) is 10.9 Å². The fourth-order valence-electron chi connectivity index (χ4n) is 4.25. The van der Waals surface area contributed by atoms with Crippen LogP contribution >= 0.6 is 46.0 Å². The van der Waals surface area contributed by atoms with Crippen molar-refractivity contribution in [3.8, 4) is 0 Å². The molecular formula is C27H21ClN4O5S3. The number of benzene rings is 2. The number of ether oxygens (including phenoxy) is 1. The number of Topliss-reactive ketones (excluding diaryl/α,β-unsaturated/α-hetero) is 1. The first kappa shape index (κ1) is 28.0. The Morgan fingerprint density at radius 1 is 1.10 bits per heavy atom. The molecule has 0 radical (unpaired) electrons.